The molecule has 168 valence electrons. The standard InChI is InChI=1S/C23H25N3O4S2/c27-23(24-17-21(22-7-4-16-31-22)26-12-14-30-15-13-26)18-8-10-19(11-9-18)25-32(28,29)20-5-2-1-3-6-20/h1-11,16,21,25H,12-15,17H2,(H,24,27). The van der Waals surface area contributed by atoms with E-state index in [9.17, 15) is 13.2 Å². The second-order valence-electron chi connectivity index (χ2n) is 7.39. The van der Waals surface area contributed by atoms with Crippen LogP contribution in [0.1, 0.15) is 21.3 Å². The van der Waals surface area contributed by atoms with Crippen LogP contribution in [-0.4, -0.2) is 52.1 Å². The zero-order valence-corrected chi connectivity index (χ0v) is 19.1. The summed E-state index contributed by atoms with van der Waals surface area (Å²) in [6, 6.07) is 18.8. The van der Waals surface area contributed by atoms with Gasteiger partial charge in [-0.1, -0.05) is 24.3 Å². The lowest BCUT2D eigenvalue weighted by molar-refractivity contribution is 0.0169. The molecule has 7 nitrogen and oxygen atoms in total. The summed E-state index contributed by atoms with van der Waals surface area (Å²) in [4.78, 5) is 16.5. The molecule has 0 spiro atoms. The Bertz CT molecular complexity index is 1110. The minimum Gasteiger partial charge on any atom is -0.379 e. The zero-order valence-electron chi connectivity index (χ0n) is 17.4. The van der Waals surface area contributed by atoms with Gasteiger partial charge in [-0.15, -0.1) is 11.3 Å². The molecule has 0 bridgehead atoms. The van der Waals surface area contributed by atoms with Gasteiger partial charge in [0.15, 0.2) is 0 Å². The lowest BCUT2D eigenvalue weighted by Gasteiger charge is -2.34. The first-order valence-corrected chi connectivity index (χ1v) is 12.7. The summed E-state index contributed by atoms with van der Waals surface area (Å²) in [5.74, 6) is -0.197. The van der Waals surface area contributed by atoms with Crippen LogP contribution in [0.3, 0.4) is 0 Å². The van der Waals surface area contributed by atoms with Crippen molar-refractivity contribution in [2.24, 2.45) is 0 Å². The van der Waals surface area contributed by atoms with Crippen molar-refractivity contribution >= 4 is 33.0 Å². The highest BCUT2D eigenvalue weighted by atomic mass is 32.2. The van der Waals surface area contributed by atoms with Gasteiger partial charge in [-0.05, 0) is 47.8 Å². The number of hydrogen-bond acceptors (Lipinski definition) is 6. The Morgan fingerprint density at radius 1 is 1.00 bits per heavy atom. The Balaban J connectivity index is 1.39. The van der Waals surface area contributed by atoms with Gasteiger partial charge in [0.2, 0.25) is 0 Å². The van der Waals surface area contributed by atoms with E-state index in [1.165, 1.54) is 17.0 Å². The third kappa shape index (κ3) is 5.55. The molecule has 1 amide bonds. The molecule has 2 heterocycles. The van der Waals surface area contributed by atoms with E-state index in [2.05, 4.69) is 21.0 Å². The van der Waals surface area contributed by atoms with Crippen LogP contribution in [0.15, 0.2) is 77.0 Å². The first-order chi connectivity index (χ1) is 15.5. The molecule has 0 saturated carbocycles. The van der Waals surface area contributed by atoms with Gasteiger partial charge < -0.3 is 10.1 Å². The monoisotopic (exact) mass is 471 g/mol. The average molecular weight is 472 g/mol. The quantitative estimate of drug-likeness (QED) is 0.526. The van der Waals surface area contributed by atoms with E-state index in [0.717, 1.165) is 13.1 Å². The zero-order chi connectivity index (χ0) is 22.4. The third-order valence-electron chi connectivity index (χ3n) is 5.27. The van der Waals surface area contributed by atoms with Crippen molar-refractivity contribution in [2.45, 2.75) is 10.9 Å². The second-order valence-corrected chi connectivity index (χ2v) is 10.0. The summed E-state index contributed by atoms with van der Waals surface area (Å²) in [6.45, 7) is 3.53. The van der Waals surface area contributed by atoms with Gasteiger partial charge in [-0.2, -0.15) is 0 Å². The summed E-state index contributed by atoms with van der Waals surface area (Å²) in [5.41, 5.74) is 0.870. The number of nitrogens with zero attached hydrogens (tertiary/aromatic N) is 1. The number of amides is 1. The van der Waals surface area contributed by atoms with E-state index in [0.29, 0.717) is 31.0 Å². The number of benzene rings is 2. The Labute approximate surface area is 192 Å². The molecule has 32 heavy (non-hydrogen) atoms. The number of carbonyl (C=O) groups is 1. The third-order valence-corrected chi connectivity index (χ3v) is 7.64. The second kappa shape index (κ2) is 10.3. The highest BCUT2D eigenvalue weighted by molar-refractivity contribution is 7.92. The molecule has 2 N–H and O–H groups in total. The number of carbonyl (C=O) groups excluding carboxylic acids is 1. The highest BCUT2D eigenvalue weighted by Gasteiger charge is 2.24. The van der Waals surface area contributed by atoms with Crippen LogP contribution in [0.25, 0.3) is 0 Å². The number of ether oxygens (including phenoxy) is 1. The van der Waals surface area contributed by atoms with Crippen molar-refractivity contribution in [3.05, 3.63) is 82.6 Å². The molecular formula is C23H25N3O4S2. The Morgan fingerprint density at radius 2 is 1.72 bits per heavy atom. The predicted octanol–water partition coefficient (Wildman–Crippen LogP) is 3.35. The lowest BCUT2D eigenvalue weighted by atomic mass is 10.1. The van der Waals surface area contributed by atoms with E-state index in [1.54, 1.807) is 53.8 Å². The maximum atomic E-state index is 12.7. The number of nitrogens with one attached hydrogen (secondary N) is 2. The van der Waals surface area contributed by atoms with Gasteiger partial charge in [0.1, 0.15) is 0 Å². The maximum absolute atomic E-state index is 12.7. The summed E-state index contributed by atoms with van der Waals surface area (Å²) in [7, 11) is -3.67. The topological polar surface area (TPSA) is 87.7 Å². The molecular weight excluding hydrogens is 446 g/mol. The van der Waals surface area contributed by atoms with Gasteiger partial charge in [-0.25, -0.2) is 8.42 Å². The molecule has 1 unspecified atom stereocenters. The molecule has 1 saturated heterocycles. The first kappa shape index (κ1) is 22.5. The Kier molecular flexibility index (Phi) is 7.21. The van der Waals surface area contributed by atoms with Crippen LogP contribution in [0.4, 0.5) is 5.69 Å². The normalized spacial score (nSPS) is 15.8. The van der Waals surface area contributed by atoms with Crippen molar-refractivity contribution in [1.29, 1.82) is 0 Å². The van der Waals surface area contributed by atoms with Crippen LogP contribution in [0.2, 0.25) is 0 Å². The molecule has 2 aromatic carbocycles. The molecule has 0 aliphatic carbocycles. The fourth-order valence-corrected chi connectivity index (χ4v) is 5.52. The van der Waals surface area contributed by atoms with Crippen molar-refractivity contribution < 1.29 is 17.9 Å². The van der Waals surface area contributed by atoms with Gasteiger partial charge in [-0.3, -0.25) is 14.4 Å². The molecule has 0 radical (unpaired) electrons. The van der Waals surface area contributed by atoms with Crippen molar-refractivity contribution in [3.63, 3.8) is 0 Å². The molecule has 1 aromatic heterocycles. The summed E-state index contributed by atoms with van der Waals surface area (Å²) >= 11 is 1.68. The molecule has 3 aromatic rings. The Hall–Kier alpha value is -2.72. The molecule has 1 aliphatic rings. The van der Waals surface area contributed by atoms with E-state index < -0.39 is 10.0 Å². The van der Waals surface area contributed by atoms with Gasteiger partial charge in [0, 0.05) is 35.8 Å². The molecule has 1 fully saturated rings. The number of thiophene rings is 1. The van der Waals surface area contributed by atoms with Gasteiger partial charge >= 0.3 is 0 Å². The van der Waals surface area contributed by atoms with Gasteiger partial charge in [0.25, 0.3) is 15.9 Å². The van der Waals surface area contributed by atoms with Crippen LogP contribution in [0.5, 0.6) is 0 Å². The van der Waals surface area contributed by atoms with Crippen LogP contribution < -0.4 is 10.0 Å². The van der Waals surface area contributed by atoms with E-state index >= 15 is 0 Å². The minimum atomic E-state index is -3.67. The number of anilines is 1. The average Bonchev–Trinajstić information content (AvgIpc) is 3.35. The fraction of sp³-hybridized carbons (Fsp3) is 0.261. The SMILES string of the molecule is O=C(NCC(c1cccs1)N1CCOCC1)c1ccc(NS(=O)(=O)c2ccccc2)cc1. The number of morpholine rings is 1. The Morgan fingerprint density at radius 3 is 2.38 bits per heavy atom. The number of hydrogen-bond donors (Lipinski definition) is 2. The minimum absolute atomic E-state index is 0.0970. The molecule has 9 heteroatoms. The number of rotatable bonds is 8. The number of sulfonamides is 1. The van der Waals surface area contributed by atoms with Crippen molar-refractivity contribution in [3.8, 4) is 0 Å². The lowest BCUT2D eigenvalue weighted by Crippen LogP contribution is -2.43. The van der Waals surface area contributed by atoms with E-state index in [4.69, 9.17) is 4.74 Å². The first-order valence-electron chi connectivity index (χ1n) is 10.3. The van der Waals surface area contributed by atoms with E-state index in [1.807, 2.05) is 11.4 Å². The van der Waals surface area contributed by atoms with Crippen LogP contribution >= 0.6 is 11.3 Å². The molecule has 4 rings (SSSR count). The largest absolute Gasteiger partial charge is 0.379 e. The smallest absolute Gasteiger partial charge is 0.261 e. The van der Waals surface area contributed by atoms with E-state index in [-0.39, 0.29) is 16.8 Å². The van der Waals surface area contributed by atoms with Gasteiger partial charge in [0.05, 0.1) is 24.2 Å². The summed E-state index contributed by atoms with van der Waals surface area (Å²) < 4.78 is 32.9. The van der Waals surface area contributed by atoms with Crippen molar-refractivity contribution in [1.82, 2.24) is 10.2 Å². The molecule has 1 aliphatic heterocycles. The molecule has 1 atom stereocenters. The fourth-order valence-electron chi connectivity index (χ4n) is 3.57. The highest BCUT2D eigenvalue weighted by Crippen LogP contribution is 2.25. The van der Waals surface area contributed by atoms with Crippen molar-refractivity contribution in [2.75, 3.05) is 37.6 Å². The predicted molar refractivity (Wildman–Crippen MR) is 125 cm³/mol. The maximum Gasteiger partial charge on any atom is 0.261 e. The summed E-state index contributed by atoms with van der Waals surface area (Å²) in [6.07, 6.45) is 0. The summed E-state index contributed by atoms with van der Waals surface area (Å²) in [5, 5.41) is 5.07. The van der Waals surface area contributed by atoms with Crippen LogP contribution in [-0.2, 0) is 14.8 Å². The van der Waals surface area contributed by atoms with Crippen LogP contribution in [0, 0.1) is 0 Å².